The van der Waals surface area contributed by atoms with Crippen LogP contribution in [-0.2, 0) is 15.7 Å². The van der Waals surface area contributed by atoms with Gasteiger partial charge in [0.2, 0.25) is 5.91 Å². The Balaban J connectivity index is 1.44. The number of rotatable bonds is 8. The summed E-state index contributed by atoms with van der Waals surface area (Å²) in [4.78, 5) is 27.7. The van der Waals surface area contributed by atoms with Gasteiger partial charge in [-0.25, -0.2) is 0 Å². The maximum absolute atomic E-state index is 13.7. The summed E-state index contributed by atoms with van der Waals surface area (Å²) in [6.45, 7) is 5.66. The molecule has 2 fully saturated rings. The van der Waals surface area contributed by atoms with Crippen LogP contribution >= 0.6 is 0 Å². The standard InChI is InChI=1S/C28H33F3N2O4/c1-3-25(34)21-9-7-20(8-10-21)19(2)32-26(35)27(12-15-36-16-13-27)33-14-11-24(18-33)37-23-6-4-5-22(17-23)28(29,30)31/h4-10,17,19,24H,3,11-16,18H2,1-2H3,(H,32,35)/t19-,24+/m0/s1. The van der Waals surface area contributed by atoms with Crippen LogP contribution in [0.3, 0.4) is 0 Å². The van der Waals surface area contributed by atoms with Gasteiger partial charge in [-0.15, -0.1) is 0 Å². The Bertz CT molecular complexity index is 1100. The van der Waals surface area contributed by atoms with Crippen molar-refractivity contribution in [3.05, 3.63) is 65.2 Å². The summed E-state index contributed by atoms with van der Waals surface area (Å²) in [5, 5.41) is 3.15. The molecule has 0 unspecified atom stereocenters. The molecule has 4 rings (SSSR count). The average molecular weight is 519 g/mol. The van der Waals surface area contributed by atoms with Gasteiger partial charge in [0.05, 0.1) is 11.6 Å². The maximum atomic E-state index is 13.7. The Morgan fingerprint density at radius 1 is 1.16 bits per heavy atom. The van der Waals surface area contributed by atoms with Gasteiger partial charge in [0.1, 0.15) is 17.4 Å². The van der Waals surface area contributed by atoms with E-state index in [9.17, 15) is 22.8 Å². The molecule has 0 spiro atoms. The minimum atomic E-state index is -4.44. The summed E-state index contributed by atoms with van der Waals surface area (Å²) < 4.78 is 50.7. The molecule has 2 heterocycles. The molecule has 6 nitrogen and oxygen atoms in total. The molecule has 0 aromatic heterocycles. The van der Waals surface area contributed by atoms with Gasteiger partial charge in [0.15, 0.2) is 5.78 Å². The first-order valence-corrected chi connectivity index (χ1v) is 12.7. The Morgan fingerprint density at radius 3 is 2.51 bits per heavy atom. The summed E-state index contributed by atoms with van der Waals surface area (Å²) in [6.07, 6.45) is -2.68. The van der Waals surface area contributed by atoms with E-state index in [1.165, 1.54) is 12.1 Å². The van der Waals surface area contributed by atoms with E-state index >= 15 is 0 Å². The van der Waals surface area contributed by atoms with Gasteiger partial charge in [0, 0.05) is 38.3 Å². The van der Waals surface area contributed by atoms with E-state index in [1.807, 2.05) is 26.0 Å². The smallest absolute Gasteiger partial charge is 0.416 e. The number of hydrogen-bond donors (Lipinski definition) is 1. The predicted molar refractivity (Wildman–Crippen MR) is 132 cm³/mol. The lowest BCUT2D eigenvalue weighted by Gasteiger charge is -2.43. The number of ether oxygens (including phenoxy) is 2. The van der Waals surface area contributed by atoms with Crippen LogP contribution in [0.25, 0.3) is 0 Å². The SMILES string of the molecule is CCC(=O)c1ccc([C@H](C)NC(=O)C2(N3CC[C@@H](Oc4cccc(C(F)(F)F)c4)C3)CCOCC2)cc1. The highest BCUT2D eigenvalue weighted by molar-refractivity contribution is 5.95. The van der Waals surface area contributed by atoms with Crippen LogP contribution in [0.4, 0.5) is 13.2 Å². The zero-order chi connectivity index (χ0) is 26.6. The molecule has 0 radical (unpaired) electrons. The van der Waals surface area contributed by atoms with Crippen molar-refractivity contribution in [1.29, 1.82) is 0 Å². The van der Waals surface area contributed by atoms with Crippen LogP contribution in [0.5, 0.6) is 5.75 Å². The maximum Gasteiger partial charge on any atom is 0.416 e. The molecule has 2 atom stereocenters. The number of Topliss-reactive ketones (excluding diaryl/α,β-unsaturated/α-hetero) is 1. The Morgan fingerprint density at radius 2 is 1.86 bits per heavy atom. The highest BCUT2D eigenvalue weighted by atomic mass is 19.4. The van der Waals surface area contributed by atoms with Crippen LogP contribution in [0, 0.1) is 0 Å². The van der Waals surface area contributed by atoms with Crippen molar-refractivity contribution in [3.8, 4) is 5.75 Å². The predicted octanol–water partition coefficient (Wildman–Crippen LogP) is 5.18. The number of carbonyl (C=O) groups is 2. The number of nitrogens with zero attached hydrogens (tertiary/aromatic N) is 1. The van der Waals surface area contributed by atoms with E-state index in [2.05, 4.69) is 10.2 Å². The van der Waals surface area contributed by atoms with Crippen LogP contribution in [-0.4, -0.2) is 54.5 Å². The van der Waals surface area contributed by atoms with E-state index in [0.717, 1.165) is 17.7 Å². The lowest BCUT2D eigenvalue weighted by atomic mass is 9.86. The van der Waals surface area contributed by atoms with Crippen molar-refractivity contribution in [3.63, 3.8) is 0 Å². The summed E-state index contributed by atoms with van der Waals surface area (Å²) in [7, 11) is 0. The van der Waals surface area contributed by atoms with E-state index in [4.69, 9.17) is 9.47 Å². The number of amides is 1. The summed E-state index contributed by atoms with van der Waals surface area (Å²) >= 11 is 0. The fourth-order valence-corrected chi connectivity index (χ4v) is 5.12. The van der Waals surface area contributed by atoms with Crippen molar-refractivity contribution in [1.82, 2.24) is 10.2 Å². The molecule has 1 N–H and O–H groups in total. The molecular weight excluding hydrogens is 485 g/mol. The Hall–Kier alpha value is -2.91. The summed E-state index contributed by atoms with van der Waals surface area (Å²) in [5.41, 5.74) is 0.0162. The van der Waals surface area contributed by atoms with E-state index in [1.54, 1.807) is 12.1 Å². The molecule has 2 aliphatic rings. The summed E-state index contributed by atoms with van der Waals surface area (Å²) in [6, 6.07) is 11.9. The normalized spacial score (nSPS) is 20.8. The second-order valence-corrected chi connectivity index (χ2v) is 9.74. The molecule has 0 saturated carbocycles. The third-order valence-electron chi connectivity index (χ3n) is 7.36. The minimum absolute atomic E-state index is 0.0698. The minimum Gasteiger partial charge on any atom is -0.489 e. The largest absolute Gasteiger partial charge is 0.489 e. The number of alkyl halides is 3. The molecule has 9 heteroatoms. The van der Waals surface area contributed by atoms with Crippen molar-refractivity contribution in [2.75, 3.05) is 26.3 Å². The molecule has 2 saturated heterocycles. The molecule has 2 aliphatic heterocycles. The number of halogens is 3. The second-order valence-electron chi connectivity index (χ2n) is 9.74. The van der Waals surface area contributed by atoms with Gasteiger partial charge in [-0.05, 0) is 49.9 Å². The van der Waals surface area contributed by atoms with Crippen LogP contribution < -0.4 is 10.1 Å². The van der Waals surface area contributed by atoms with Crippen LogP contribution in [0.1, 0.15) is 67.1 Å². The third-order valence-corrected chi connectivity index (χ3v) is 7.36. The first kappa shape index (κ1) is 27.1. The molecular formula is C28H33F3N2O4. The van der Waals surface area contributed by atoms with Crippen molar-refractivity contribution in [2.24, 2.45) is 0 Å². The topological polar surface area (TPSA) is 67.9 Å². The lowest BCUT2D eigenvalue weighted by Crippen LogP contribution is -2.61. The molecule has 1 amide bonds. The first-order valence-electron chi connectivity index (χ1n) is 12.7. The molecule has 200 valence electrons. The number of likely N-dealkylation sites (tertiary alicyclic amines) is 1. The van der Waals surface area contributed by atoms with Gasteiger partial charge in [-0.3, -0.25) is 14.5 Å². The molecule has 2 aromatic rings. The van der Waals surface area contributed by atoms with Gasteiger partial charge in [-0.2, -0.15) is 13.2 Å². The van der Waals surface area contributed by atoms with Gasteiger partial charge >= 0.3 is 6.18 Å². The van der Waals surface area contributed by atoms with Crippen LogP contribution in [0.2, 0.25) is 0 Å². The Kier molecular flexibility index (Phi) is 8.23. The molecule has 2 aromatic carbocycles. The fraction of sp³-hybridized carbons (Fsp3) is 0.500. The monoisotopic (exact) mass is 518 g/mol. The Labute approximate surface area is 215 Å². The van der Waals surface area contributed by atoms with Crippen LogP contribution in [0.15, 0.2) is 48.5 Å². The zero-order valence-electron chi connectivity index (χ0n) is 21.1. The summed E-state index contributed by atoms with van der Waals surface area (Å²) in [5.74, 6) is 0.142. The number of benzene rings is 2. The third kappa shape index (κ3) is 6.15. The molecule has 0 aliphatic carbocycles. The number of carbonyl (C=O) groups excluding carboxylic acids is 2. The fourth-order valence-electron chi connectivity index (χ4n) is 5.12. The quantitative estimate of drug-likeness (QED) is 0.488. The van der Waals surface area contributed by atoms with Crippen molar-refractivity contribution >= 4 is 11.7 Å². The van der Waals surface area contributed by atoms with E-state index in [-0.39, 0.29) is 29.6 Å². The highest BCUT2D eigenvalue weighted by Crippen LogP contribution is 2.35. The lowest BCUT2D eigenvalue weighted by molar-refractivity contribution is -0.141. The first-order chi connectivity index (χ1) is 17.6. The van der Waals surface area contributed by atoms with Gasteiger partial charge in [0.25, 0.3) is 0 Å². The van der Waals surface area contributed by atoms with E-state index in [0.29, 0.717) is 57.6 Å². The van der Waals surface area contributed by atoms with Crippen molar-refractivity contribution in [2.45, 2.75) is 63.4 Å². The van der Waals surface area contributed by atoms with Gasteiger partial charge in [-0.1, -0.05) is 37.3 Å². The van der Waals surface area contributed by atoms with Crippen molar-refractivity contribution < 1.29 is 32.2 Å². The van der Waals surface area contributed by atoms with E-state index < -0.39 is 17.3 Å². The highest BCUT2D eigenvalue weighted by Gasteiger charge is 2.48. The number of nitrogens with one attached hydrogen (secondary N) is 1. The average Bonchev–Trinajstić information content (AvgIpc) is 3.37. The number of ketones is 1. The molecule has 0 bridgehead atoms. The zero-order valence-corrected chi connectivity index (χ0v) is 21.1. The van der Waals surface area contributed by atoms with Gasteiger partial charge < -0.3 is 14.8 Å². The second kappa shape index (κ2) is 11.2. The number of hydrogen-bond acceptors (Lipinski definition) is 5. The molecule has 37 heavy (non-hydrogen) atoms.